The highest BCUT2D eigenvalue weighted by molar-refractivity contribution is 5.92. The van der Waals surface area contributed by atoms with Crippen molar-refractivity contribution in [1.29, 1.82) is 0 Å². The van der Waals surface area contributed by atoms with Crippen molar-refractivity contribution >= 4 is 22.9 Å². The first-order valence-corrected chi connectivity index (χ1v) is 9.06. The second-order valence-electron chi connectivity index (χ2n) is 6.84. The lowest BCUT2D eigenvalue weighted by atomic mass is 10.0. The third-order valence-corrected chi connectivity index (χ3v) is 4.75. The number of hydrogen-bond donors (Lipinski definition) is 2. The molecule has 29 heavy (non-hydrogen) atoms. The summed E-state index contributed by atoms with van der Waals surface area (Å²) in [5.41, 5.74) is 2.68. The van der Waals surface area contributed by atoms with Gasteiger partial charge in [0.1, 0.15) is 5.82 Å². The molecule has 0 aliphatic rings. The van der Waals surface area contributed by atoms with Crippen LogP contribution in [0.1, 0.15) is 27.9 Å². The molecule has 2 aromatic carbocycles. The lowest BCUT2D eigenvalue weighted by Gasteiger charge is -2.07. The number of halogens is 4. The molecule has 0 saturated carbocycles. The van der Waals surface area contributed by atoms with E-state index in [1.54, 1.807) is 6.07 Å². The molecule has 0 radical (unpaired) electrons. The van der Waals surface area contributed by atoms with E-state index in [1.165, 1.54) is 30.4 Å². The average molecular weight is 404 g/mol. The smallest absolute Gasteiger partial charge is 0.356 e. The Morgan fingerprint density at radius 3 is 2.66 bits per heavy atom. The minimum Gasteiger partial charge on any atom is -0.356 e. The maximum Gasteiger partial charge on any atom is 0.416 e. The first kappa shape index (κ1) is 20.6. The highest BCUT2D eigenvalue weighted by Crippen LogP contribution is 2.30. The van der Waals surface area contributed by atoms with Crippen LogP contribution in [0.25, 0.3) is 17.0 Å². The van der Waals surface area contributed by atoms with E-state index in [2.05, 4.69) is 10.3 Å². The van der Waals surface area contributed by atoms with Gasteiger partial charge in [0.25, 0.3) is 0 Å². The van der Waals surface area contributed by atoms with Gasteiger partial charge in [-0.1, -0.05) is 18.2 Å². The molecule has 0 unspecified atom stereocenters. The summed E-state index contributed by atoms with van der Waals surface area (Å²) >= 11 is 0. The zero-order valence-corrected chi connectivity index (χ0v) is 16.0. The van der Waals surface area contributed by atoms with Crippen molar-refractivity contribution in [3.05, 3.63) is 76.2 Å². The summed E-state index contributed by atoms with van der Waals surface area (Å²) in [5, 5.41) is 3.52. The van der Waals surface area contributed by atoms with Crippen LogP contribution in [0.2, 0.25) is 0 Å². The van der Waals surface area contributed by atoms with Crippen molar-refractivity contribution in [2.45, 2.75) is 26.4 Å². The van der Waals surface area contributed by atoms with Crippen LogP contribution in [0, 0.1) is 19.7 Å². The van der Waals surface area contributed by atoms with E-state index >= 15 is 0 Å². The normalized spacial score (nSPS) is 12.1. The third-order valence-electron chi connectivity index (χ3n) is 4.75. The number of aromatic amines is 1. The minimum absolute atomic E-state index is 0.286. The van der Waals surface area contributed by atoms with Gasteiger partial charge in [0.2, 0.25) is 5.91 Å². The van der Waals surface area contributed by atoms with Crippen molar-refractivity contribution in [3.8, 4) is 0 Å². The SMILES string of the molecule is Cc1[nH]c2c(F)ccc(C)c2c1CCNC(=O)C=Cc1cccc(C(F)(F)F)c1. The number of carbonyl (C=O) groups is 1. The van der Waals surface area contributed by atoms with Crippen molar-refractivity contribution in [2.75, 3.05) is 6.54 Å². The van der Waals surface area contributed by atoms with Crippen LogP contribution in [0.3, 0.4) is 0 Å². The van der Waals surface area contributed by atoms with E-state index in [0.29, 0.717) is 18.5 Å². The van der Waals surface area contributed by atoms with Crippen molar-refractivity contribution in [3.63, 3.8) is 0 Å². The van der Waals surface area contributed by atoms with Crippen LogP contribution in [-0.4, -0.2) is 17.4 Å². The third kappa shape index (κ3) is 4.67. The maximum absolute atomic E-state index is 14.0. The Kier molecular flexibility index (Phi) is 5.77. The number of hydrogen-bond acceptors (Lipinski definition) is 1. The van der Waals surface area contributed by atoms with Gasteiger partial charge in [-0.2, -0.15) is 13.2 Å². The fourth-order valence-electron chi connectivity index (χ4n) is 3.32. The standard InChI is InChI=1S/C22H20F4N2O/c1-13-6-8-18(23)21-20(13)17(14(2)28-21)10-11-27-19(29)9-7-15-4-3-5-16(12-15)22(24,25)26/h3-9,12,28H,10-11H2,1-2H3,(H,27,29). The van der Waals surface area contributed by atoms with Gasteiger partial charge in [0.15, 0.2) is 0 Å². The van der Waals surface area contributed by atoms with Crippen LogP contribution < -0.4 is 5.32 Å². The van der Waals surface area contributed by atoms with E-state index in [1.807, 2.05) is 13.8 Å². The molecular formula is C22H20F4N2O. The lowest BCUT2D eigenvalue weighted by molar-refractivity contribution is -0.137. The second-order valence-corrected chi connectivity index (χ2v) is 6.84. The van der Waals surface area contributed by atoms with Crippen molar-refractivity contribution in [1.82, 2.24) is 10.3 Å². The van der Waals surface area contributed by atoms with Gasteiger partial charge in [-0.25, -0.2) is 4.39 Å². The van der Waals surface area contributed by atoms with E-state index < -0.39 is 17.6 Å². The monoisotopic (exact) mass is 404 g/mol. The first-order valence-electron chi connectivity index (χ1n) is 9.06. The Labute approximate surface area is 165 Å². The van der Waals surface area contributed by atoms with Crippen molar-refractivity contribution < 1.29 is 22.4 Å². The molecule has 0 saturated heterocycles. The molecule has 0 fully saturated rings. The molecule has 3 nitrogen and oxygen atoms in total. The van der Waals surface area contributed by atoms with E-state index in [4.69, 9.17) is 0 Å². The molecule has 0 aliphatic heterocycles. The number of aryl methyl sites for hydroxylation is 2. The Morgan fingerprint density at radius 1 is 1.17 bits per heavy atom. The maximum atomic E-state index is 14.0. The zero-order chi connectivity index (χ0) is 21.2. The molecule has 1 aromatic heterocycles. The number of amides is 1. The van der Waals surface area contributed by atoms with E-state index in [-0.39, 0.29) is 11.4 Å². The summed E-state index contributed by atoms with van der Waals surface area (Å²) in [7, 11) is 0. The fourth-order valence-corrected chi connectivity index (χ4v) is 3.32. The summed E-state index contributed by atoms with van der Waals surface area (Å²) in [6.45, 7) is 4.06. The molecule has 3 aromatic rings. The summed E-state index contributed by atoms with van der Waals surface area (Å²) in [4.78, 5) is 15.1. The van der Waals surface area contributed by atoms with E-state index in [9.17, 15) is 22.4 Å². The van der Waals surface area contributed by atoms with Gasteiger partial charge in [0.05, 0.1) is 11.1 Å². The van der Waals surface area contributed by atoms with Gasteiger partial charge in [-0.15, -0.1) is 0 Å². The average Bonchev–Trinajstić information content (AvgIpc) is 3.00. The number of H-pyrrole nitrogens is 1. The summed E-state index contributed by atoms with van der Waals surface area (Å²) < 4.78 is 52.2. The number of aromatic nitrogens is 1. The number of rotatable bonds is 5. The topological polar surface area (TPSA) is 44.9 Å². The largest absolute Gasteiger partial charge is 0.416 e. The van der Waals surface area contributed by atoms with Gasteiger partial charge >= 0.3 is 6.18 Å². The molecule has 2 N–H and O–H groups in total. The highest BCUT2D eigenvalue weighted by Gasteiger charge is 2.30. The predicted molar refractivity (Wildman–Crippen MR) is 105 cm³/mol. The minimum atomic E-state index is -4.43. The molecule has 3 rings (SSSR count). The quantitative estimate of drug-likeness (QED) is 0.439. The van der Waals surface area contributed by atoms with Crippen LogP contribution in [-0.2, 0) is 17.4 Å². The Balaban J connectivity index is 1.64. The van der Waals surface area contributed by atoms with Gasteiger partial charge in [-0.05, 0) is 61.2 Å². The molecule has 1 heterocycles. The number of alkyl halides is 3. The van der Waals surface area contributed by atoms with Crippen LogP contribution >= 0.6 is 0 Å². The molecule has 0 aliphatic carbocycles. The Bertz CT molecular complexity index is 1080. The molecule has 1 amide bonds. The first-order chi connectivity index (χ1) is 13.7. The van der Waals surface area contributed by atoms with Gasteiger partial charge < -0.3 is 10.3 Å². The molecule has 0 bridgehead atoms. The van der Waals surface area contributed by atoms with Crippen LogP contribution in [0.4, 0.5) is 17.6 Å². The summed E-state index contributed by atoms with van der Waals surface area (Å²) in [5.74, 6) is -0.740. The molecule has 0 spiro atoms. The number of nitrogens with one attached hydrogen (secondary N) is 2. The van der Waals surface area contributed by atoms with Gasteiger partial charge in [-0.3, -0.25) is 4.79 Å². The number of benzene rings is 2. The molecule has 0 atom stereocenters. The Hall–Kier alpha value is -3.09. The van der Waals surface area contributed by atoms with Crippen molar-refractivity contribution in [2.24, 2.45) is 0 Å². The molecule has 7 heteroatoms. The summed E-state index contributed by atoms with van der Waals surface area (Å²) in [6.07, 6.45) is -1.40. The predicted octanol–water partition coefficient (Wildman–Crippen LogP) is 5.31. The van der Waals surface area contributed by atoms with Crippen LogP contribution in [0.15, 0.2) is 42.5 Å². The number of carbonyl (C=O) groups excluding carboxylic acids is 1. The summed E-state index contributed by atoms with van der Waals surface area (Å²) in [6, 6.07) is 7.87. The fraction of sp³-hybridized carbons (Fsp3) is 0.227. The van der Waals surface area contributed by atoms with E-state index in [0.717, 1.165) is 34.3 Å². The molecular weight excluding hydrogens is 384 g/mol. The Morgan fingerprint density at radius 2 is 1.93 bits per heavy atom. The molecule has 152 valence electrons. The lowest BCUT2D eigenvalue weighted by Crippen LogP contribution is -2.23. The second kappa shape index (κ2) is 8.11. The van der Waals surface area contributed by atoms with Crippen LogP contribution in [0.5, 0.6) is 0 Å². The zero-order valence-electron chi connectivity index (χ0n) is 16.0. The number of fused-ring (bicyclic) bond motifs is 1. The van der Waals surface area contributed by atoms with Gasteiger partial charge in [0, 0.05) is 23.7 Å². The highest BCUT2D eigenvalue weighted by atomic mass is 19.4.